The monoisotopic (exact) mass is 334 g/mol. The van der Waals surface area contributed by atoms with Crippen LogP contribution in [0.5, 0.6) is 0 Å². The number of aryl methyl sites for hydroxylation is 2. The summed E-state index contributed by atoms with van der Waals surface area (Å²) in [6, 6.07) is 0. The fourth-order valence-corrected chi connectivity index (χ4v) is 3.44. The zero-order valence-corrected chi connectivity index (χ0v) is 14.3. The van der Waals surface area contributed by atoms with E-state index in [1.807, 2.05) is 12.4 Å². The summed E-state index contributed by atoms with van der Waals surface area (Å²) in [7, 11) is 1.81. The van der Waals surface area contributed by atoms with Gasteiger partial charge in [-0.3, -0.25) is 10.1 Å². The summed E-state index contributed by atoms with van der Waals surface area (Å²) >= 11 is 1.59. The van der Waals surface area contributed by atoms with Crippen molar-refractivity contribution in [3.05, 3.63) is 21.9 Å². The lowest BCUT2D eigenvalue weighted by Gasteiger charge is -2.19. The van der Waals surface area contributed by atoms with Crippen LogP contribution in [0.1, 0.15) is 42.2 Å². The number of carbonyl (C=O) groups excluding carboxylic acids is 1. The second-order valence-electron chi connectivity index (χ2n) is 5.75. The van der Waals surface area contributed by atoms with Gasteiger partial charge < -0.3 is 5.32 Å². The Morgan fingerprint density at radius 1 is 1.43 bits per heavy atom. The number of carbonyl (C=O) groups is 1. The number of thiazole rings is 1. The third-order valence-corrected chi connectivity index (χ3v) is 5.02. The minimum atomic E-state index is -0.106. The third-order valence-electron chi connectivity index (χ3n) is 3.98. The summed E-state index contributed by atoms with van der Waals surface area (Å²) in [6.07, 6.45) is 3.24. The van der Waals surface area contributed by atoms with Gasteiger partial charge in [0, 0.05) is 18.3 Å². The lowest BCUT2D eigenvalue weighted by atomic mass is 9.98. The van der Waals surface area contributed by atoms with E-state index in [1.54, 1.807) is 16.0 Å². The van der Waals surface area contributed by atoms with Gasteiger partial charge in [0.2, 0.25) is 11.9 Å². The molecule has 0 aromatic carbocycles. The minimum Gasteiger partial charge on any atom is -0.317 e. The summed E-state index contributed by atoms with van der Waals surface area (Å²) in [5.74, 6) is 1.60. The predicted octanol–water partition coefficient (Wildman–Crippen LogP) is 1.48. The second-order valence-corrected chi connectivity index (χ2v) is 6.70. The Balaban J connectivity index is 1.62. The smallest absolute Gasteiger partial charge is 0.232 e. The summed E-state index contributed by atoms with van der Waals surface area (Å²) in [5, 5.41) is 13.6. The normalized spacial score (nSPS) is 15.7. The summed E-state index contributed by atoms with van der Waals surface area (Å²) in [4.78, 5) is 21.1. The molecular formula is C15H22N6OS. The highest BCUT2D eigenvalue weighted by Crippen LogP contribution is 2.23. The first kappa shape index (κ1) is 16.1. The Kier molecular flexibility index (Phi) is 5.02. The van der Waals surface area contributed by atoms with E-state index in [0.29, 0.717) is 11.9 Å². The van der Waals surface area contributed by atoms with Crippen molar-refractivity contribution in [2.24, 2.45) is 7.05 Å². The highest BCUT2D eigenvalue weighted by Gasteiger charge is 2.21. The summed E-state index contributed by atoms with van der Waals surface area (Å²) in [6.45, 7) is 4.05. The third kappa shape index (κ3) is 3.94. The van der Waals surface area contributed by atoms with Gasteiger partial charge in [-0.05, 0) is 32.4 Å². The van der Waals surface area contributed by atoms with Crippen molar-refractivity contribution in [3.63, 3.8) is 0 Å². The number of piperidine rings is 1. The maximum atomic E-state index is 12.2. The molecule has 8 heteroatoms. The quantitative estimate of drug-likeness (QED) is 0.865. The van der Waals surface area contributed by atoms with Crippen LogP contribution in [0.4, 0.5) is 5.95 Å². The van der Waals surface area contributed by atoms with Gasteiger partial charge in [0.1, 0.15) is 0 Å². The zero-order valence-electron chi connectivity index (χ0n) is 13.5. The molecule has 2 aromatic rings. The fraction of sp³-hybridized carbons (Fsp3) is 0.600. The van der Waals surface area contributed by atoms with Crippen molar-refractivity contribution < 1.29 is 4.79 Å². The summed E-state index contributed by atoms with van der Waals surface area (Å²) in [5.41, 5.74) is 0.810. The van der Waals surface area contributed by atoms with Gasteiger partial charge in [0.05, 0.1) is 17.1 Å². The van der Waals surface area contributed by atoms with E-state index in [0.717, 1.165) is 48.9 Å². The van der Waals surface area contributed by atoms with E-state index >= 15 is 0 Å². The molecule has 124 valence electrons. The molecule has 0 spiro atoms. The molecular weight excluding hydrogens is 312 g/mol. The van der Waals surface area contributed by atoms with Crippen molar-refractivity contribution in [2.45, 2.75) is 38.5 Å². The molecule has 0 unspecified atom stereocenters. The van der Waals surface area contributed by atoms with Crippen molar-refractivity contribution in [1.29, 1.82) is 0 Å². The largest absolute Gasteiger partial charge is 0.317 e. The van der Waals surface area contributed by atoms with Crippen molar-refractivity contribution in [1.82, 2.24) is 25.1 Å². The van der Waals surface area contributed by atoms with E-state index in [1.165, 1.54) is 0 Å². The van der Waals surface area contributed by atoms with E-state index in [4.69, 9.17) is 0 Å². The Hall–Kier alpha value is -1.80. The number of hydrogen-bond donors (Lipinski definition) is 2. The number of rotatable bonds is 5. The minimum absolute atomic E-state index is 0.106. The zero-order chi connectivity index (χ0) is 16.2. The van der Waals surface area contributed by atoms with E-state index < -0.39 is 0 Å². The Morgan fingerprint density at radius 3 is 2.91 bits per heavy atom. The Morgan fingerprint density at radius 2 is 2.22 bits per heavy atom. The van der Waals surface area contributed by atoms with E-state index in [9.17, 15) is 4.79 Å². The van der Waals surface area contributed by atoms with Crippen LogP contribution in [-0.4, -0.2) is 38.7 Å². The average Bonchev–Trinajstić information content (AvgIpc) is 3.15. The molecule has 1 aliphatic heterocycles. The molecule has 2 N–H and O–H groups in total. The van der Waals surface area contributed by atoms with Crippen LogP contribution in [0.2, 0.25) is 0 Å². The molecule has 0 aliphatic carbocycles. The molecule has 7 nitrogen and oxygen atoms in total. The molecule has 3 heterocycles. The topological polar surface area (TPSA) is 84.7 Å². The van der Waals surface area contributed by atoms with Gasteiger partial charge in [-0.2, -0.15) is 10.1 Å². The van der Waals surface area contributed by atoms with Crippen LogP contribution in [-0.2, 0) is 24.7 Å². The number of nitrogens with one attached hydrogen (secondary N) is 2. The molecule has 0 bridgehead atoms. The molecule has 1 amide bonds. The number of nitrogens with zero attached hydrogens (tertiary/aromatic N) is 4. The first-order chi connectivity index (χ1) is 11.2. The van der Waals surface area contributed by atoms with Gasteiger partial charge in [0.15, 0.2) is 5.82 Å². The Labute approximate surface area is 139 Å². The number of hydrogen-bond acceptors (Lipinski definition) is 6. The summed E-state index contributed by atoms with van der Waals surface area (Å²) < 4.78 is 1.65. The van der Waals surface area contributed by atoms with Crippen LogP contribution < -0.4 is 10.6 Å². The van der Waals surface area contributed by atoms with Gasteiger partial charge in [-0.15, -0.1) is 11.3 Å². The molecule has 2 aromatic heterocycles. The standard InChI is InChI=1S/C15H22N6OS/c1-3-13-17-11(9-23-13)8-12(22)18-15-19-14(20-21(15)2)10-4-6-16-7-5-10/h9-10,16H,3-8H2,1-2H3,(H,18,19,20,22). The molecule has 3 rings (SSSR count). The van der Waals surface area contributed by atoms with E-state index in [2.05, 4.69) is 32.6 Å². The lowest BCUT2D eigenvalue weighted by Crippen LogP contribution is -2.27. The van der Waals surface area contributed by atoms with Gasteiger partial charge in [-0.1, -0.05) is 6.92 Å². The number of anilines is 1. The highest BCUT2D eigenvalue weighted by molar-refractivity contribution is 7.09. The molecule has 0 saturated carbocycles. The molecule has 1 aliphatic rings. The van der Waals surface area contributed by atoms with Crippen molar-refractivity contribution >= 4 is 23.2 Å². The first-order valence-electron chi connectivity index (χ1n) is 8.00. The van der Waals surface area contributed by atoms with Gasteiger partial charge >= 0.3 is 0 Å². The molecule has 23 heavy (non-hydrogen) atoms. The van der Waals surface area contributed by atoms with Crippen LogP contribution in [0.15, 0.2) is 5.38 Å². The van der Waals surface area contributed by atoms with Gasteiger partial charge in [0.25, 0.3) is 0 Å². The first-order valence-corrected chi connectivity index (χ1v) is 8.88. The van der Waals surface area contributed by atoms with Crippen LogP contribution >= 0.6 is 11.3 Å². The highest BCUT2D eigenvalue weighted by atomic mass is 32.1. The molecule has 1 saturated heterocycles. The maximum absolute atomic E-state index is 12.2. The number of aromatic nitrogens is 4. The predicted molar refractivity (Wildman–Crippen MR) is 89.7 cm³/mol. The second kappa shape index (κ2) is 7.18. The SMILES string of the molecule is CCc1nc(CC(=O)Nc2nc(C3CCNCC3)nn2C)cs1. The number of amides is 1. The van der Waals surface area contributed by atoms with Crippen LogP contribution in [0, 0.1) is 0 Å². The van der Waals surface area contributed by atoms with Crippen molar-refractivity contribution in [3.8, 4) is 0 Å². The molecule has 0 atom stereocenters. The van der Waals surface area contributed by atoms with Gasteiger partial charge in [-0.25, -0.2) is 9.67 Å². The Bertz CT molecular complexity index is 673. The van der Waals surface area contributed by atoms with Crippen LogP contribution in [0.3, 0.4) is 0 Å². The maximum Gasteiger partial charge on any atom is 0.232 e. The molecule has 1 fully saturated rings. The van der Waals surface area contributed by atoms with E-state index in [-0.39, 0.29) is 12.3 Å². The fourth-order valence-electron chi connectivity index (χ4n) is 2.69. The molecule has 0 radical (unpaired) electrons. The lowest BCUT2D eigenvalue weighted by molar-refractivity contribution is -0.115. The average molecular weight is 334 g/mol. The van der Waals surface area contributed by atoms with Crippen molar-refractivity contribution in [2.75, 3.05) is 18.4 Å². The van der Waals surface area contributed by atoms with Crippen LogP contribution in [0.25, 0.3) is 0 Å².